The SMILES string of the molecule is CC(=O)N[C@@H](CSC(c1cc(SC#N)ncn1)C1CCCC(C(SC[C@H](NC(C)=O)C(=O)O)c2nccc(SC#N)n2)C1=O)C(=O)O. The van der Waals surface area contributed by atoms with Crippen molar-refractivity contribution in [1.82, 2.24) is 30.6 Å². The summed E-state index contributed by atoms with van der Waals surface area (Å²) in [6.07, 6.45) is 4.10. The summed E-state index contributed by atoms with van der Waals surface area (Å²) in [5.41, 5.74) is 0.401. The van der Waals surface area contributed by atoms with E-state index in [1.54, 1.807) is 6.07 Å². The van der Waals surface area contributed by atoms with Crippen LogP contribution in [0.3, 0.4) is 0 Å². The summed E-state index contributed by atoms with van der Waals surface area (Å²) < 4.78 is 0. The number of carboxylic acid groups (broad SMARTS) is 2. The van der Waals surface area contributed by atoms with Gasteiger partial charge in [0.15, 0.2) is 0 Å². The van der Waals surface area contributed by atoms with Gasteiger partial charge in [0.2, 0.25) is 11.8 Å². The summed E-state index contributed by atoms with van der Waals surface area (Å²) in [6, 6.07) is 0.602. The van der Waals surface area contributed by atoms with Crippen LogP contribution in [0, 0.1) is 33.2 Å². The summed E-state index contributed by atoms with van der Waals surface area (Å²) in [5, 5.41) is 45.7. The zero-order valence-corrected chi connectivity index (χ0v) is 28.3. The van der Waals surface area contributed by atoms with Crippen LogP contribution in [0.4, 0.5) is 0 Å². The number of carbonyl (C=O) groups excluding carboxylic acids is 3. The monoisotopic (exact) mass is 718 g/mol. The van der Waals surface area contributed by atoms with E-state index in [9.17, 15) is 44.7 Å². The third kappa shape index (κ3) is 11.1. The molecule has 0 aromatic carbocycles. The molecule has 0 bridgehead atoms. The first kappa shape index (κ1) is 37.5. The Morgan fingerprint density at radius 1 is 0.894 bits per heavy atom. The summed E-state index contributed by atoms with van der Waals surface area (Å²) in [5.74, 6) is -5.20. The largest absolute Gasteiger partial charge is 0.480 e. The van der Waals surface area contributed by atoms with Crippen LogP contribution in [-0.4, -0.2) is 83.3 Å². The van der Waals surface area contributed by atoms with Crippen LogP contribution >= 0.6 is 47.0 Å². The van der Waals surface area contributed by atoms with Crippen molar-refractivity contribution in [2.75, 3.05) is 11.5 Å². The minimum absolute atomic E-state index is 0.0928. The molecule has 2 aromatic rings. The first-order chi connectivity index (χ1) is 22.4. The predicted octanol–water partition coefficient (Wildman–Crippen LogP) is 2.83. The van der Waals surface area contributed by atoms with Crippen LogP contribution in [0.2, 0.25) is 0 Å². The Balaban J connectivity index is 2.03. The van der Waals surface area contributed by atoms with Crippen LogP contribution in [0.5, 0.6) is 0 Å². The molecule has 4 unspecified atom stereocenters. The normalized spacial score (nSPS) is 18.4. The number of hydrogen-bond acceptors (Lipinski definition) is 15. The molecule has 248 valence electrons. The Kier molecular flexibility index (Phi) is 14.7. The number of rotatable bonds is 16. The molecule has 2 amide bonds. The molecule has 1 aliphatic carbocycles. The maximum atomic E-state index is 14.5. The minimum Gasteiger partial charge on any atom is -0.480 e. The van der Waals surface area contributed by atoms with Crippen molar-refractivity contribution in [2.45, 2.75) is 65.7 Å². The fourth-order valence-corrected chi connectivity index (χ4v) is 8.50. The fourth-order valence-electron chi connectivity index (χ4n) is 4.95. The first-order valence-corrected chi connectivity index (χ1v) is 17.7. The third-order valence-electron chi connectivity index (χ3n) is 6.89. The van der Waals surface area contributed by atoms with Gasteiger partial charge in [-0.15, -0.1) is 23.5 Å². The number of thioether (sulfide) groups is 4. The second-order valence-electron chi connectivity index (χ2n) is 10.2. The molecule has 0 aliphatic heterocycles. The van der Waals surface area contributed by atoms with E-state index in [2.05, 4.69) is 30.6 Å². The number of carboxylic acids is 2. The smallest absolute Gasteiger partial charge is 0.327 e. The molecular formula is C28H30N8O7S4. The summed E-state index contributed by atoms with van der Waals surface area (Å²) in [7, 11) is 0. The average Bonchev–Trinajstić information content (AvgIpc) is 3.01. The van der Waals surface area contributed by atoms with Gasteiger partial charge in [0, 0.05) is 66.9 Å². The quantitative estimate of drug-likeness (QED) is 0.111. The molecule has 47 heavy (non-hydrogen) atoms. The Morgan fingerprint density at radius 3 is 2.00 bits per heavy atom. The molecule has 15 nitrogen and oxygen atoms in total. The Labute approximate surface area is 286 Å². The van der Waals surface area contributed by atoms with Gasteiger partial charge in [-0.1, -0.05) is 6.42 Å². The van der Waals surface area contributed by atoms with Crippen molar-refractivity contribution >= 4 is 76.6 Å². The fraction of sp³-hybridized carbons (Fsp3) is 0.464. The van der Waals surface area contributed by atoms with Crippen molar-refractivity contribution < 1.29 is 34.2 Å². The molecule has 2 aromatic heterocycles. The highest BCUT2D eigenvalue weighted by atomic mass is 32.2. The second-order valence-corrected chi connectivity index (χ2v) is 14.1. The molecule has 0 spiro atoms. The van der Waals surface area contributed by atoms with Gasteiger partial charge in [-0.2, -0.15) is 10.5 Å². The Morgan fingerprint density at radius 2 is 1.45 bits per heavy atom. The summed E-state index contributed by atoms with van der Waals surface area (Å²) >= 11 is 3.85. The number of nitrogens with zero attached hydrogens (tertiary/aromatic N) is 6. The van der Waals surface area contributed by atoms with Crippen LogP contribution < -0.4 is 10.6 Å². The number of nitrogens with one attached hydrogen (secondary N) is 2. The van der Waals surface area contributed by atoms with Crippen LogP contribution in [0.15, 0.2) is 34.7 Å². The van der Waals surface area contributed by atoms with E-state index in [1.807, 2.05) is 10.8 Å². The zero-order chi connectivity index (χ0) is 34.5. The van der Waals surface area contributed by atoms with Crippen molar-refractivity contribution in [3.05, 3.63) is 36.2 Å². The van der Waals surface area contributed by atoms with Gasteiger partial charge in [-0.05, 0) is 25.0 Å². The molecule has 2 heterocycles. The van der Waals surface area contributed by atoms with Gasteiger partial charge >= 0.3 is 11.9 Å². The number of aromatic nitrogens is 4. The van der Waals surface area contributed by atoms with E-state index in [4.69, 9.17) is 0 Å². The van der Waals surface area contributed by atoms with Crippen LogP contribution in [0.1, 0.15) is 55.1 Å². The number of Topliss-reactive ketones (excluding diaryl/α,β-unsaturated/α-hetero) is 1. The molecule has 1 saturated carbocycles. The Hall–Kier alpha value is -3.91. The first-order valence-electron chi connectivity index (χ1n) is 14.0. The maximum absolute atomic E-state index is 14.5. The van der Waals surface area contributed by atoms with E-state index >= 15 is 0 Å². The van der Waals surface area contributed by atoms with Crippen molar-refractivity contribution in [3.63, 3.8) is 0 Å². The number of thiocyanates is 2. The van der Waals surface area contributed by atoms with Gasteiger partial charge < -0.3 is 20.8 Å². The second kappa shape index (κ2) is 18.4. The Bertz CT molecular complexity index is 1460. The van der Waals surface area contributed by atoms with E-state index in [0.29, 0.717) is 35.0 Å². The van der Waals surface area contributed by atoms with Crippen LogP contribution in [-0.2, 0) is 24.0 Å². The molecule has 19 heteroatoms. The number of aliphatic carboxylic acids is 2. The molecule has 4 N–H and O–H groups in total. The van der Waals surface area contributed by atoms with Crippen molar-refractivity contribution in [3.8, 4) is 10.8 Å². The average molecular weight is 719 g/mol. The lowest BCUT2D eigenvalue weighted by Crippen LogP contribution is -2.42. The highest BCUT2D eigenvalue weighted by Crippen LogP contribution is 2.48. The maximum Gasteiger partial charge on any atom is 0.327 e. The lowest BCUT2D eigenvalue weighted by molar-refractivity contribution is -0.141. The van der Waals surface area contributed by atoms with Gasteiger partial charge in [0.1, 0.15) is 50.9 Å². The molecule has 0 saturated heterocycles. The molecule has 6 atom stereocenters. The van der Waals surface area contributed by atoms with Gasteiger partial charge in [-0.3, -0.25) is 14.4 Å². The number of nitriles is 2. The summed E-state index contributed by atoms with van der Waals surface area (Å²) in [6.45, 7) is 2.40. The molecular weight excluding hydrogens is 689 g/mol. The van der Waals surface area contributed by atoms with Gasteiger partial charge in [0.05, 0.1) is 16.2 Å². The number of carbonyl (C=O) groups is 5. The molecule has 0 radical (unpaired) electrons. The zero-order valence-electron chi connectivity index (χ0n) is 25.1. The number of ketones is 1. The van der Waals surface area contributed by atoms with E-state index < -0.39 is 58.2 Å². The highest BCUT2D eigenvalue weighted by molar-refractivity contribution is 8.04. The van der Waals surface area contributed by atoms with E-state index in [-0.39, 0.29) is 23.1 Å². The van der Waals surface area contributed by atoms with E-state index in [1.165, 1.54) is 32.4 Å². The van der Waals surface area contributed by atoms with Gasteiger partial charge in [0.25, 0.3) is 0 Å². The van der Waals surface area contributed by atoms with Crippen LogP contribution in [0.25, 0.3) is 0 Å². The minimum atomic E-state index is -1.26. The topological polar surface area (TPSA) is 249 Å². The standard InChI is InChI=1S/C28H30N8O7S4/c1-14(37)34-19(27(40)41)9-44-24(18-8-22(47-12-30)33-13-32-18)16-4-3-5-17(23(16)39)25(26-31-7-6-21(36-26)46-11-29)45-10-20(28(42)43)35-15(2)38/h6-8,13,16-17,19-20,24-25H,3-5,9-10H2,1-2H3,(H,34,37)(H,35,38)(H,40,41)(H,42,43)/t16?,17?,19-,20-,24?,25?/m0/s1. The van der Waals surface area contributed by atoms with E-state index in [0.717, 1.165) is 47.0 Å². The van der Waals surface area contributed by atoms with Crippen molar-refractivity contribution in [2.24, 2.45) is 11.8 Å². The summed E-state index contributed by atoms with van der Waals surface area (Å²) in [4.78, 5) is 79.0. The lowest BCUT2D eigenvalue weighted by Gasteiger charge is -2.36. The van der Waals surface area contributed by atoms with Gasteiger partial charge in [-0.25, -0.2) is 29.5 Å². The van der Waals surface area contributed by atoms with Crippen molar-refractivity contribution in [1.29, 1.82) is 10.5 Å². The highest BCUT2D eigenvalue weighted by Gasteiger charge is 2.43. The lowest BCUT2D eigenvalue weighted by atomic mass is 9.76. The molecule has 3 rings (SSSR count). The number of hydrogen-bond donors (Lipinski definition) is 4. The molecule has 1 aliphatic rings. The molecule has 1 fully saturated rings. The third-order valence-corrected chi connectivity index (χ3v) is 10.8. The number of amides is 2. The predicted molar refractivity (Wildman–Crippen MR) is 174 cm³/mol.